The van der Waals surface area contributed by atoms with E-state index in [0.29, 0.717) is 17.4 Å². The molecule has 1 aromatic rings. The van der Waals surface area contributed by atoms with Crippen LogP contribution in [0.25, 0.3) is 0 Å². The van der Waals surface area contributed by atoms with Crippen molar-refractivity contribution in [2.45, 2.75) is 38.6 Å². The van der Waals surface area contributed by atoms with Crippen molar-refractivity contribution in [2.24, 2.45) is 17.1 Å². The molecule has 0 aliphatic heterocycles. The van der Waals surface area contributed by atoms with Gasteiger partial charge in [0.15, 0.2) is 0 Å². The molecule has 0 spiro atoms. The fourth-order valence-electron chi connectivity index (χ4n) is 2.20. The van der Waals surface area contributed by atoms with Crippen LogP contribution in [-0.2, 0) is 16.6 Å². The number of nitrogens with two attached hydrogens (primary N) is 1. The van der Waals surface area contributed by atoms with Crippen molar-refractivity contribution in [1.29, 1.82) is 0 Å². The average molecular weight is 288 g/mol. The topological polar surface area (TPSA) is 72.2 Å². The Bertz CT molecular complexity index is 546. The van der Waals surface area contributed by atoms with Crippen molar-refractivity contribution < 1.29 is 8.42 Å². The second-order valence-electron chi connectivity index (χ2n) is 5.62. The van der Waals surface area contributed by atoms with Crippen molar-refractivity contribution >= 4 is 21.4 Å². The summed E-state index contributed by atoms with van der Waals surface area (Å²) in [6.07, 6.45) is 1.09. The van der Waals surface area contributed by atoms with Gasteiger partial charge >= 0.3 is 0 Å². The number of hydrogen-bond acceptors (Lipinski definition) is 4. The zero-order valence-corrected chi connectivity index (χ0v) is 12.6. The van der Waals surface area contributed by atoms with Crippen molar-refractivity contribution in [3.05, 3.63) is 15.8 Å². The minimum absolute atomic E-state index is 0.268. The van der Waals surface area contributed by atoms with Crippen LogP contribution >= 0.6 is 11.3 Å². The molecule has 0 amide bonds. The van der Waals surface area contributed by atoms with E-state index in [4.69, 9.17) is 5.73 Å². The molecule has 1 aliphatic rings. The minimum Gasteiger partial charge on any atom is -0.326 e. The number of nitrogens with one attached hydrogen (secondary N) is 1. The van der Waals surface area contributed by atoms with Crippen molar-refractivity contribution in [2.75, 3.05) is 6.54 Å². The first-order valence-corrected chi connectivity index (χ1v) is 8.41. The Balaban J connectivity index is 2.13. The van der Waals surface area contributed by atoms with Crippen LogP contribution in [-0.4, -0.2) is 15.0 Å². The Morgan fingerprint density at radius 1 is 1.56 bits per heavy atom. The number of rotatable bonds is 5. The van der Waals surface area contributed by atoms with E-state index >= 15 is 0 Å². The quantitative estimate of drug-likeness (QED) is 0.868. The molecule has 0 bridgehead atoms. The zero-order chi connectivity index (χ0) is 13.6. The summed E-state index contributed by atoms with van der Waals surface area (Å²) in [6, 6.07) is 0. The molecule has 1 aliphatic carbocycles. The molecular weight excluding hydrogens is 268 g/mol. The van der Waals surface area contributed by atoms with E-state index in [1.165, 1.54) is 11.3 Å². The van der Waals surface area contributed by atoms with Gasteiger partial charge in [0.2, 0.25) is 10.0 Å². The molecule has 1 fully saturated rings. The zero-order valence-electron chi connectivity index (χ0n) is 11.0. The summed E-state index contributed by atoms with van der Waals surface area (Å²) < 4.78 is 27.3. The van der Waals surface area contributed by atoms with Crippen LogP contribution < -0.4 is 10.5 Å². The second-order valence-corrected chi connectivity index (χ2v) is 8.28. The lowest BCUT2D eigenvalue weighted by Crippen LogP contribution is -2.28. The maximum Gasteiger partial charge on any atom is 0.241 e. The Kier molecular flexibility index (Phi) is 3.57. The maximum absolute atomic E-state index is 12.3. The third-order valence-corrected chi connectivity index (χ3v) is 6.59. The van der Waals surface area contributed by atoms with E-state index in [0.717, 1.165) is 16.9 Å². The summed E-state index contributed by atoms with van der Waals surface area (Å²) in [5, 5.41) is 1.85. The van der Waals surface area contributed by atoms with Crippen molar-refractivity contribution in [3.8, 4) is 0 Å². The van der Waals surface area contributed by atoms with Gasteiger partial charge in [-0.1, -0.05) is 13.8 Å². The molecular formula is C12H20N2O2S2. The SMILES string of the molecule is Cc1csc(CN)c1S(=O)(=O)NCC1CC1(C)C. The molecule has 1 saturated carbocycles. The number of sulfonamides is 1. The Labute approximate surface area is 113 Å². The fraction of sp³-hybridized carbons (Fsp3) is 0.667. The van der Waals surface area contributed by atoms with Gasteiger partial charge in [-0.05, 0) is 35.6 Å². The van der Waals surface area contributed by atoms with E-state index in [9.17, 15) is 8.42 Å². The molecule has 0 radical (unpaired) electrons. The van der Waals surface area contributed by atoms with Crippen molar-refractivity contribution in [3.63, 3.8) is 0 Å². The van der Waals surface area contributed by atoms with Crippen LogP contribution in [0.1, 0.15) is 30.7 Å². The number of aryl methyl sites for hydroxylation is 1. The normalized spacial score (nSPS) is 22.1. The lowest BCUT2D eigenvalue weighted by Gasteiger charge is -2.09. The van der Waals surface area contributed by atoms with E-state index in [1.54, 1.807) is 0 Å². The fourth-order valence-corrected chi connectivity index (χ4v) is 4.98. The first-order valence-electron chi connectivity index (χ1n) is 6.04. The average Bonchev–Trinajstić information content (AvgIpc) is 2.69. The Morgan fingerprint density at radius 3 is 2.67 bits per heavy atom. The summed E-state index contributed by atoms with van der Waals surface area (Å²) in [5.74, 6) is 0.451. The lowest BCUT2D eigenvalue weighted by molar-refractivity contribution is 0.537. The van der Waals surface area contributed by atoms with Gasteiger partial charge in [0.1, 0.15) is 4.90 Å². The lowest BCUT2D eigenvalue weighted by atomic mass is 10.1. The van der Waals surface area contributed by atoms with Crippen LogP contribution in [0, 0.1) is 18.3 Å². The molecule has 0 aromatic carbocycles. The van der Waals surface area contributed by atoms with Gasteiger partial charge < -0.3 is 5.73 Å². The predicted molar refractivity (Wildman–Crippen MR) is 74.0 cm³/mol. The van der Waals surface area contributed by atoms with Gasteiger partial charge in [0.05, 0.1) is 0 Å². The third kappa shape index (κ3) is 2.61. The predicted octanol–water partition coefficient (Wildman–Crippen LogP) is 1.84. The molecule has 102 valence electrons. The molecule has 3 N–H and O–H groups in total. The molecule has 1 aromatic heterocycles. The van der Waals surface area contributed by atoms with Crippen LogP contribution in [0.3, 0.4) is 0 Å². The van der Waals surface area contributed by atoms with Crippen molar-refractivity contribution in [1.82, 2.24) is 4.72 Å². The third-order valence-electron chi connectivity index (χ3n) is 3.68. The van der Waals surface area contributed by atoms with Gasteiger partial charge in [-0.3, -0.25) is 0 Å². The van der Waals surface area contributed by atoms with E-state index < -0.39 is 10.0 Å². The van der Waals surface area contributed by atoms with Gasteiger partial charge in [-0.15, -0.1) is 11.3 Å². The van der Waals surface area contributed by atoms with E-state index in [-0.39, 0.29) is 12.0 Å². The van der Waals surface area contributed by atoms with Gasteiger partial charge in [0, 0.05) is 18.0 Å². The van der Waals surface area contributed by atoms with Gasteiger partial charge in [-0.25, -0.2) is 13.1 Å². The monoisotopic (exact) mass is 288 g/mol. The Morgan fingerprint density at radius 2 is 2.17 bits per heavy atom. The summed E-state index contributed by atoms with van der Waals surface area (Å²) in [7, 11) is -3.42. The summed E-state index contributed by atoms with van der Waals surface area (Å²) in [5.41, 5.74) is 6.65. The maximum atomic E-state index is 12.3. The van der Waals surface area contributed by atoms with Gasteiger partial charge in [0.25, 0.3) is 0 Å². The molecule has 4 nitrogen and oxygen atoms in total. The molecule has 1 heterocycles. The van der Waals surface area contributed by atoms with E-state index in [2.05, 4.69) is 18.6 Å². The molecule has 6 heteroatoms. The van der Waals surface area contributed by atoms with Crippen LogP contribution in [0.15, 0.2) is 10.3 Å². The highest BCUT2D eigenvalue weighted by Gasteiger charge is 2.45. The smallest absolute Gasteiger partial charge is 0.241 e. The highest BCUT2D eigenvalue weighted by atomic mass is 32.2. The highest BCUT2D eigenvalue weighted by molar-refractivity contribution is 7.89. The summed E-state index contributed by atoms with van der Waals surface area (Å²) >= 11 is 1.41. The number of hydrogen-bond donors (Lipinski definition) is 2. The molecule has 1 unspecified atom stereocenters. The molecule has 2 rings (SSSR count). The minimum atomic E-state index is -3.42. The molecule has 0 saturated heterocycles. The standard InChI is InChI=1S/C12H20N2O2S2/c1-8-7-17-10(5-13)11(8)18(15,16)14-6-9-4-12(9,2)3/h7,9,14H,4-6,13H2,1-3H3. The highest BCUT2D eigenvalue weighted by Crippen LogP contribution is 2.51. The van der Waals surface area contributed by atoms with Gasteiger partial charge in [-0.2, -0.15) is 0 Å². The summed E-state index contributed by atoms with van der Waals surface area (Å²) in [4.78, 5) is 1.11. The summed E-state index contributed by atoms with van der Waals surface area (Å²) in [6.45, 7) is 6.92. The first-order chi connectivity index (χ1) is 8.28. The van der Waals surface area contributed by atoms with Crippen LogP contribution in [0.2, 0.25) is 0 Å². The molecule has 1 atom stereocenters. The van der Waals surface area contributed by atoms with E-state index in [1.807, 2.05) is 12.3 Å². The molecule has 18 heavy (non-hydrogen) atoms. The Hall–Kier alpha value is -0.430. The first kappa shape index (κ1) is 14.0. The number of thiophene rings is 1. The second kappa shape index (κ2) is 4.59. The van der Waals surface area contributed by atoms with Crippen LogP contribution in [0.4, 0.5) is 0 Å². The van der Waals surface area contributed by atoms with Crippen LogP contribution in [0.5, 0.6) is 0 Å². The largest absolute Gasteiger partial charge is 0.326 e.